The van der Waals surface area contributed by atoms with Gasteiger partial charge in [0.05, 0.1) is 6.10 Å². The van der Waals surface area contributed by atoms with Gasteiger partial charge in [0, 0.05) is 25.0 Å². The van der Waals surface area contributed by atoms with E-state index in [1.54, 1.807) is 0 Å². The van der Waals surface area contributed by atoms with E-state index in [-0.39, 0.29) is 18.1 Å². The van der Waals surface area contributed by atoms with Crippen molar-refractivity contribution in [2.75, 3.05) is 13.1 Å². The zero-order chi connectivity index (χ0) is 11.4. The van der Waals surface area contributed by atoms with Crippen LogP contribution in [-0.2, 0) is 4.79 Å². The highest BCUT2D eigenvalue weighted by molar-refractivity contribution is 5.80. The summed E-state index contributed by atoms with van der Waals surface area (Å²) in [5.41, 5.74) is 0. The van der Waals surface area contributed by atoms with Gasteiger partial charge in [0.2, 0.25) is 5.91 Å². The van der Waals surface area contributed by atoms with Crippen molar-refractivity contribution in [1.82, 2.24) is 10.6 Å². The predicted molar refractivity (Wildman–Crippen MR) is 62.0 cm³/mol. The Morgan fingerprint density at radius 2 is 1.88 bits per heavy atom. The first kappa shape index (κ1) is 11.9. The van der Waals surface area contributed by atoms with E-state index in [9.17, 15) is 9.90 Å². The van der Waals surface area contributed by atoms with Crippen molar-refractivity contribution in [2.24, 2.45) is 5.92 Å². The highest BCUT2D eigenvalue weighted by Crippen LogP contribution is 2.28. The van der Waals surface area contributed by atoms with Crippen LogP contribution in [0.15, 0.2) is 0 Å². The fraction of sp³-hybridized carbons (Fsp3) is 0.917. The fourth-order valence-electron chi connectivity index (χ4n) is 2.28. The summed E-state index contributed by atoms with van der Waals surface area (Å²) in [5.74, 6) is 0.492. The topological polar surface area (TPSA) is 61.4 Å². The van der Waals surface area contributed by atoms with Crippen LogP contribution in [0.25, 0.3) is 0 Å². The minimum Gasteiger partial charge on any atom is -0.392 e. The zero-order valence-corrected chi connectivity index (χ0v) is 9.74. The number of aliphatic hydroxyl groups is 1. The molecule has 0 unspecified atom stereocenters. The lowest BCUT2D eigenvalue weighted by molar-refractivity contribution is -0.122. The Kier molecular flexibility index (Phi) is 4.18. The Labute approximate surface area is 96.8 Å². The van der Waals surface area contributed by atoms with Crippen LogP contribution in [0.2, 0.25) is 0 Å². The highest BCUT2D eigenvalue weighted by atomic mass is 16.3. The first-order chi connectivity index (χ1) is 7.77. The van der Waals surface area contributed by atoms with Gasteiger partial charge in [0.25, 0.3) is 0 Å². The van der Waals surface area contributed by atoms with Gasteiger partial charge in [0.1, 0.15) is 0 Å². The Bertz CT molecular complexity index is 241. The Morgan fingerprint density at radius 1 is 1.12 bits per heavy atom. The molecule has 3 N–H and O–H groups in total. The molecule has 2 fully saturated rings. The average molecular weight is 226 g/mol. The fourth-order valence-corrected chi connectivity index (χ4v) is 2.28. The summed E-state index contributed by atoms with van der Waals surface area (Å²) in [7, 11) is 0. The summed E-state index contributed by atoms with van der Waals surface area (Å²) in [6, 6.07) is 0.228. The largest absolute Gasteiger partial charge is 0.392 e. The minimum absolute atomic E-state index is 0.200. The summed E-state index contributed by atoms with van der Waals surface area (Å²) in [5, 5.41) is 16.0. The monoisotopic (exact) mass is 226 g/mol. The maximum absolute atomic E-state index is 11.3. The van der Waals surface area contributed by atoms with Gasteiger partial charge in [-0.3, -0.25) is 4.79 Å². The molecule has 16 heavy (non-hydrogen) atoms. The van der Waals surface area contributed by atoms with Crippen molar-refractivity contribution >= 4 is 5.91 Å². The molecule has 4 nitrogen and oxygen atoms in total. The summed E-state index contributed by atoms with van der Waals surface area (Å²) in [4.78, 5) is 11.3. The maximum atomic E-state index is 11.3. The van der Waals surface area contributed by atoms with Crippen LogP contribution in [0.3, 0.4) is 0 Å². The van der Waals surface area contributed by atoms with Crippen molar-refractivity contribution in [3.05, 3.63) is 0 Å². The van der Waals surface area contributed by atoms with Gasteiger partial charge in [-0.1, -0.05) is 12.8 Å². The number of amides is 1. The molecule has 0 aromatic heterocycles. The SMILES string of the molecule is O=C(NCCN[C@H]1CCCC[C@@H]1O)C1CC1. The number of carbonyl (C=O) groups is 1. The molecule has 0 saturated heterocycles. The second-order valence-electron chi connectivity index (χ2n) is 4.98. The molecule has 0 aromatic rings. The third-order valence-electron chi connectivity index (χ3n) is 3.51. The van der Waals surface area contributed by atoms with E-state index in [2.05, 4.69) is 10.6 Å². The second kappa shape index (κ2) is 5.64. The lowest BCUT2D eigenvalue weighted by Gasteiger charge is -2.28. The molecule has 0 aliphatic heterocycles. The van der Waals surface area contributed by atoms with Crippen molar-refractivity contribution in [3.8, 4) is 0 Å². The Morgan fingerprint density at radius 3 is 2.56 bits per heavy atom. The Balaban J connectivity index is 1.54. The quantitative estimate of drug-likeness (QED) is 0.595. The first-order valence-electron chi connectivity index (χ1n) is 6.46. The van der Waals surface area contributed by atoms with E-state index in [1.807, 2.05) is 0 Å². The number of hydrogen-bond acceptors (Lipinski definition) is 3. The third-order valence-corrected chi connectivity index (χ3v) is 3.51. The van der Waals surface area contributed by atoms with Crippen molar-refractivity contribution in [1.29, 1.82) is 0 Å². The van der Waals surface area contributed by atoms with Crippen molar-refractivity contribution in [2.45, 2.75) is 50.7 Å². The van der Waals surface area contributed by atoms with Gasteiger partial charge in [-0.25, -0.2) is 0 Å². The first-order valence-corrected chi connectivity index (χ1v) is 6.46. The average Bonchev–Trinajstić information content (AvgIpc) is 3.10. The van der Waals surface area contributed by atoms with Gasteiger partial charge in [-0.15, -0.1) is 0 Å². The number of aliphatic hydroxyl groups excluding tert-OH is 1. The summed E-state index contributed by atoms with van der Waals surface area (Å²) in [6.07, 6.45) is 6.21. The summed E-state index contributed by atoms with van der Waals surface area (Å²) < 4.78 is 0. The van der Waals surface area contributed by atoms with Crippen LogP contribution < -0.4 is 10.6 Å². The van der Waals surface area contributed by atoms with Crippen molar-refractivity contribution < 1.29 is 9.90 Å². The second-order valence-corrected chi connectivity index (χ2v) is 4.98. The number of hydrogen-bond donors (Lipinski definition) is 3. The molecule has 2 aliphatic carbocycles. The van der Waals surface area contributed by atoms with Crippen LogP contribution in [0.1, 0.15) is 38.5 Å². The normalized spacial score (nSPS) is 30.1. The molecule has 2 rings (SSSR count). The zero-order valence-electron chi connectivity index (χ0n) is 9.74. The molecular weight excluding hydrogens is 204 g/mol. The highest BCUT2D eigenvalue weighted by Gasteiger charge is 2.29. The lowest BCUT2D eigenvalue weighted by atomic mass is 9.93. The molecule has 2 aliphatic rings. The maximum Gasteiger partial charge on any atom is 0.223 e. The molecule has 0 heterocycles. The molecule has 0 radical (unpaired) electrons. The molecule has 2 saturated carbocycles. The van der Waals surface area contributed by atoms with E-state index in [4.69, 9.17) is 0 Å². The summed E-state index contributed by atoms with van der Waals surface area (Å²) >= 11 is 0. The van der Waals surface area contributed by atoms with Crippen LogP contribution in [0.5, 0.6) is 0 Å². The molecule has 0 bridgehead atoms. The van der Waals surface area contributed by atoms with Gasteiger partial charge in [-0.2, -0.15) is 0 Å². The number of nitrogens with one attached hydrogen (secondary N) is 2. The number of carbonyl (C=O) groups excluding carboxylic acids is 1. The van der Waals surface area contributed by atoms with Gasteiger partial charge in [-0.05, 0) is 25.7 Å². The predicted octanol–water partition coefficient (Wildman–Crippen LogP) is 0.406. The van der Waals surface area contributed by atoms with E-state index < -0.39 is 0 Å². The third kappa shape index (κ3) is 3.46. The van der Waals surface area contributed by atoms with Gasteiger partial charge in [0.15, 0.2) is 0 Å². The van der Waals surface area contributed by atoms with E-state index in [1.165, 1.54) is 6.42 Å². The molecule has 4 heteroatoms. The smallest absolute Gasteiger partial charge is 0.223 e. The number of rotatable bonds is 5. The molecule has 92 valence electrons. The van der Waals surface area contributed by atoms with Crippen LogP contribution in [0.4, 0.5) is 0 Å². The Hall–Kier alpha value is -0.610. The molecule has 0 aromatic carbocycles. The molecular formula is C12H22N2O2. The molecule has 0 spiro atoms. The van der Waals surface area contributed by atoms with E-state index in [0.717, 1.165) is 38.6 Å². The van der Waals surface area contributed by atoms with Crippen LogP contribution in [0, 0.1) is 5.92 Å². The van der Waals surface area contributed by atoms with Crippen LogP contribution in [-0.4, -0.2) is 36.2 Å². The molecule has 2 atom stereocenters. The van der Waals surface area contributed by atoms with E-state index >= 15 is 0 Å². The van der Waals surface area contributed by atoms with Gasteiger partial charge >= 0.3 is 0 Å². The van der Waals surface area contributed by atoms with Crippen LogP contribution >= 0.6 is 0 Å². The summed E-state index contributed by atoms with van der Waals surface area (Å²) in [6.45, 7) is 1.44. The minimum atomic E-state index is -0.201. The van der Waals surface area contributed by atoms with Gasteiger partial charge < -0.3 is 15.7 Å². The van der Waals surface area contributed by atoms with E-state index in [0.29, 0.717) is 12.5 Å². The lowest BCUT2D eigenvalue weighted by Crippen LogP contribution is -2.45. The molecule has 1 amide bonds. The standard InChI is InChI=1S/C12H22N2O2/c15-11-4-2-1-3-10(11)13-7-8-14-12(16)9-5-6-9/h9-11,13,15H,1-8H2,(H,14,16)/t10-,11-/m0/s1. The van der Waals surface area contributed by atoms with Crippen molar-refractivity contribution in [3.63, 3.8) is 0 Å².